The Morgan fingerprint density at radius 2 is 1.91 bits per heavy atom. The molecule has 0 radical (unpaired) electrons. The summed E-state index contributed by atoms with van der Waals surface area (Å²) in [6, 6.07) is 8.18. The summed E-state index contributed by atoms with van der Waals surface area (Å²) in [5.74, 6) is -0.291. The minimum atomic E-state index is -2.63. The molecule has 3 heterocycles. The van der Waals surface area contributed by atoms with Crippen LogP contribution in [-0.4, -0.2) is 45.8 Å². The van der Waals surface area contributed by atoms with Crippen LogP contribution in [0.2, 0.25) is 0 Å². The predicted octanol–water partition coefficient (Wildman–Crippen LogP) is 2.20. The van der Waals surface area contributed by atoms with Gasteiger partial charge in [0, 0.05) is 19.8 Å². The van der Waals surface area contributed by atoms with Crippen molar-refractivity contribution in [3.05, 3.63) is 68.2 Å². The van der Waals surface area contributed by atoms with E-state index in [0.29, 0.717) is 28.3 Å². The Balaban J connectivity index is 1.91. The van der Waals surface area contributed by atoms with Gasteiger partial charge in [0.25, 0.3) is 11.1 Å². The monoisotopic (exact) mass is 455 g/mol. The molecule has 10 nitrogen and oxygen atoms in total. The molecule has 0 fully saturated rings. The van der Waals surface area contributed by atoms with E-state index in [1.165, 1.54) is 23.5 Å². The lowest BCUT2D eigenvalue weighted by Crippen LogP contribution is -2.23. The van der Waals surface area contributed by atoms with E-state index in [4.69, 9.17) is 18.1 Å². The van der Waals surface area contributed by atoms with Crippen LogP contribution in [0, 0.1) is 13.8 Å². The number of rotatable bonds is 6. The average Bonchev–Trinajstić information content (AvgIpc) is 3.23. The fourth-order valence-electron chi connectivity index (χ4n) is 3.95. The van der Waals surface area contributed by atoms with Gasteiger partial charge in [0.1, 0.15) is 11.3 Å². The summed E-state index contributed by atoms with van der Waals surface area (Å²) in [4.78, 5) is 42.7. The first-order valence-corrected chi connectivity index (χ1v) is 10.1. The Morgan fingerprint density at radius 1 is 1.18 bits per heavy atom. The zero-order chi connectivity index (χ0) is 26.4. The first-order valence-electron chi connectivity index (χ1n) is 11.6. The lowest BCUT2D eigenvalue weighted by molar-refractivity contribution is 0.0595. The van der Waals surface area contributed by atoms with Gasteiger partial charge in [-0.1, -0.05) is 12.1 Å². The molecule has 0 aliphatic heterocycles. The highest BCUT2D eigenvalue weighted by Gasteiger charge is 2.23. The third-order valence-corrected chi connectivity index (χ3v) is 5.35. The molecule has 3 aromatic heterocycles. The first-order chi connectivity index (χ1) is 16.9. The van der Waals surface area contributed by atoms with Crippen molar-refractivity contribution in [1.29, 1.82) is 0 Å². The van der Waals surface area contributed by atoms with E-state index in [1.54, 1.807) is 44.2 Å². The quantitative estimate of drug-likeness (QED) is 0.410. The highest BCUT2D eigenvalue weighted by Crippen LogP contribution is 2.24. The second-order valence-electron chi connectivity index (χ2n) is 7.46. The Morgan fingerprint density at radius 3 is 2.52 bits per heavy atom. The SMILES string of the molecule is [2H]C([2H])([2H])OCCn1c2c(C(=O)OC)nc(C)cc2c(=O)n1-c1ccc(-c2c(C)on(C)c2=O)cc1. The third-order valence-electron chi connectivity index (χ3n) is 5.35. The van der Waals surface area contributed by atoms with E-state index in [2.05, 4.69) is 4.98 Å². The van der Waals surface area contributed by atoms with Gasteiger partial charge < -0.3 is 14.0 Å². The molecule has 172 valence electrons. The Labute approximate surface area is 192 Å². The topological polar surface area (TPSA) is 110 Å². The number of carbonyl (C=O) groups excluding carboxylic acids is 1. The van der Waals surface area contributed by atoms with Crippen LogP contribution in [-0.2, 0) is 23.1 Å². The van der Waals surface area contributed by atoms with E-state index < -0.39 is 18.6 Å². The van der Waals surface area contributed by atoms with Crippen LogP contribution in [0.1, 0.15) is 26.1 Å². The zero-order valence-electron chi connectivity index (χ0n) is 21.5. The van der Waals surface area contributed by atoms with Crippen LogP contribution in [0.15, 0.2) is 44.4 Å². The highest BCUT2D eigenvalue weighted by molar-refractivity contribution is 6.01. The minimum absolute atomic E-state index is 0.0744. The van der Waals surface area contributed by atoms with Gasteiger partial charge in [-0.05, 0) is 37.6 Å². The van der Waals surface area contributed by atoms with Crippen molar-refractivity contribution in [2.45, 2.75) is 20.4 Å². The number of fused-ring (bicyclic) bond motifs is 1. The number of carbonyl (C=O) groups is 1. The van der Waals surface area contributed by atoms with E-state index >= 15 is 0 Å². The maximum absolute atomic E-state index is 13.5. The molecule has 0 unspecified atom stereocenters. The van der Waals surface area contributed by atoms with Crippen molar-refractivity contribution < 1.29 is 22.9 Å². The Hall–Kier alpha value is -3.92. The van der Waals surface area contributed by atoms with Crippen LogP contribution in [0.3, 0.4) is 0 Å². The second kappa shape index (κ2) is 8.55. The molecule has 4 rings (SSSR count). The molecule has 0 aliphatic carbocycles. The van der Waals surface area contributed by atoms with Gasteiger partial charge in [-0.3, -0.25) is 14.3 Å². The summed E-state index contributed by atoms with van der Waals surface area (Å²) in [7, 11) is 0.0854. The number of hydrogen-bond donors (Lipinski definition) is 0. The standard InChI is InChI=1S/C23H24N4O6/c1-13-12-17-20(19(24-13)23(30)32-5)26(10-11-31-4)27(21(17)28)16-8-6-15(7-9-16)18-14(2)33-25(3)22(18)29/h6-9,12H,10-11H2,1-5H3/i4D3. The zero-order valence-corrected chi connectivity index (χ0v) is 18.5. The van der Waals surface area contributed by atoms with Crippen molar-refractivity contribution in [1.82, 2.24) is 19.1 Å². The van der Waals surface area contributed by atoms with Crippen molar-refractivity contribution in [2.24, 2.45) is 7.05 Å². The molecule has 33 heavy (non-hydrogen) atoms. The van der Waals surface area contributed by atoms with Crippen LogP contribution < -0.4 is 11.1 Å². The molecule has 4 aromatic rings. The molecule has 0 atom stereocenters. The van der Waals surface area contributed by atoms with Crippen molar-refractivity contribution >= 4 is 16.9 Å². The summed E-state index contributed by atoms with van der Waals surface area (Å²) < 4.78 is 40.9. The number of hydrogen-bond acceptors (Lipinski definition) is 7. The number of benzene rings is 1. The van der Waals surface area contributed by atoms with E-state index in [1.807, 2.05) is 0 Å². The molecule has 0 N–H and O–H groups in total. The van der Waals surface area contributed by atoms with Crippen molar-refractivity contribution in [3.8, 4) is 16.8 Å². The van der Waals surface area contributed by atoms with E-state index in [9.17, 15) is 14.4 Å². The Bertz CT molecular complexity index is 1580. The number of nitrogens with zero attached hydrogens (tertiary/aromatic N) is 4. The smallest absolute Gasteiger partial charge is 0.358 e. The number of aromatic nitrogens is 4. The molecule has 0 saturated heterocycles. The number of pyridine rings is 1. The lowest BCUT2D eigenvalue weighted by atomic mass is 10.1. The number of esters is 1. The molecule has 1 aromatic carbocycles. The second-order valence-corrected chi connectivity index (χ2v) is 7.46. The largest absolute Gasteiger partial charge is 0.464 e. The molecule has 0 aliphatic rings. The first kappa shape index (κ1) is 18.6. The fraction of sp³-hybridized carbons (Fsp3) is 0.304. The minimum Gasteiger partial charge on any atom is -0.464 e. The molecule has 0 amide bonds. The molecule has 0 bridgehead atoms. The van der Waals surface area contributed by atoms with Gasteiger partial charge in [-0.25, -0.2) is 14.5 Å². The van der Waals surface area contributed by atoms with Gasteiger partial charge in [-0.2, -0.15) is 4.74 Å². The summed E-state index contributed by atoms with van der Waals surface area (Å²) in [5, 5.41) is 0.209. The molecule has 0 spiro atoms. The van der Waals surface area contributed by atoms with Crippen molar-refractivity contribution in [3.63, 3.8) is 0 Å². The van der Waals surface area contributed by atoms with Crippen LogP contribution in [0.5, 0.6) is 0 Å². The van der Waals surface area contributed by atoms with Gasteiger partial charge in [0.15, 0.2) is 5.69 Å². The average molecular weight is 455 g/mol. The molecule has 10 heteroatoms. The lowest BCUT2D eigenvalue weighted by Gasteiger charge is -2.14. The summed E-state index contributed by atoms with van der Waals surface area (Å²) >= 11 is 0. The van der Waals surface area contributed by atoms with Crippen molar-refractivity contribution in [2.75, 3.05) is 20.8 Å². The predicted molar refractivity (Wildman–Crippen MR) is 121 cm³/mol. The third kappa shape index (κ3) is 3.68. The number of methoxy groups -OCH3 is 2. The fourth-order valence-corrected chi connectivity index (χ4v) is 3.95. The van der Waals surface area contributed by atoms with Gasteiger partial charge in [0.2, 0.25) is 0 Å². The van der Waals surface area contributed by atoms with Gasteiger partial charge >= 0.3 is 5.97 Å². The number of aryl methyl sites for hydroxylation is 3. The van der Waals surface area contributed by atoms with Crippen LogP contribution >= 0.6 is 0 Å². The highest BCUT2D eigenvalue weighted by atomic mass is 16.5. The molecular formula is C23H24N4O6. The molecular weight excluding hydrogens is 428 g/mol. The summed E-state index contributed by atoms with van der Waals surface area (Å²) in [6.45, 7) is 2.99. The normalized spacial score (nSPS) is 13.0. The summed E-state index contributed by atoms with van der Waals surface area (Å²) in [5.41, 5.74) is 1.22. The van der Waals surface area contributed by atoms with E-state index in [0.717, 1.165) is 4.74 Å². The van der Waals surface area contributed by atoms with E-state index in [-0.39, 0.29) is 35.3 Å². The number of ether oxygens (including phenoxy) is 2. The summed E-state index contributed by atoms with van der Waals surface area (Å²) in [6.07, 6.45) is 0. The van der Waals surface area contributed by atoms with Crippen LogP contribution in [0.4, 0.5) is 0 Å². The Kier molecular flexibility index (Phi) is 4.83. The van der Waals surface area contributed by atoms with Crippen LogP contribution in [0.25, 0.3) is 27.7 Å². The van der Waals surface area contributed by atoms with Gasteiger partial charge in [0.05, 0.1) is 41.0 Å². The maximum Gasteiger partial charge on any atom is 0.358 e. The van der Waals surface area contributed by atoms with Gasteiger partial charge in [-0.15, -0.1) is 0 Å². The maximum atomic E-state index is 13.5. The molecule has 0 saturated carbocycles.